The third-order valence-corrected chi connectivity index (χ3v) is 16.5. The second kappa shape index (κ2) is 16.6. The first-order valence-electron chi connectivity index (χ1n) is 20.7. The summed E-state index contributed by atoms with van der Waals surface area (Å²) in [7, 11) is 0. The minimum atomic E-state index is -0.0788. The van der Waals surface area contributed by atoms with Crippen LogP contribution in [0.4, 0.5) is 0 Å². The first-order chi connectivity index (χ1) is 24.8. The molecule has 2 aromatic rings. The van der Waals surface area contributed by atoms with Crippen LogP contribution in [0.15, 0.2) is 73.3 Å². The Bertz CT molecular complexity index is 1620. The van der Waals surface area contributed by atoms with Crippen molar-refractivity contribution in [3.63, 3.8) is 0 Å². The van der Waals surface area contributed by atoms with Gasteiger partial charge in [0, 0.05) is 29.7 Å². The zero-order chi connectivity index (χ0) is 36.9. The maximum absolute atomic E-state index is 13.2. The number of esters is 2. The van der Waals surface area contributed by atoms with Crippen molar-refractivity contribution in [1.29, 1.82) is 0 Å². The van der Waals surface area contributed by atoms with E-state index < -0.39 is 0 Å². The lowest BCUT2D eigenvalue weighted by atomic mass is 9.32. The van der Waals surface area contributed by atoms with Crippen molar-refractivity contribution in [3.05, 3.63) is 73.3 Å². The average molecular weight is 782 g/mol. The van der Waals surface area contributed by atoms with Gasteiger partial charge in [-0.15, -0.1) is 0 Å². The van der Waals surface area contributed by atoms with Gasteiger partial charge in [-0.05, 0) is 122 Å². The molecule has 2 aromatic heterocycles. The van der Waals surface area contributed by atoms with Gasteiger partial charge in [0.25, 0.3) is 0 Å². The largest absolute Gasteiger partial charge is 1.00 e. The number of fused-ring (bicyclic) bond motifs is 7. The van der Waals surface area contributed by atoms with Crippen LogP contribution in [-0.2, 0) is 32.2 Å². The van der Waals surface area contributed by atoms with E-state index in [0.717, 1.165) is 19.3 Å². The van der Waals surface area contributed by atoms with Gasteiger partial charge in [0.15, 0.2) is 37.9 Å². The highest BCUT2D eigenvalue weighted by Crippen LogP contribution is 2.76. The lowest BCUT2D eigenvalue weighted by Crippen LogP contribution is -3.00. The minimum Gasteiger partial charge on any atom is -1.00 e. The summed E-state index contributed by atoms with van der Waals surface area (Å²) in [6.07, 6.45) is 19.5. The molecule has 0 radical (unpaired) electrons. The Hall–Kier alpha value is -2.44. The number of rotatable bonds is 10. The Kier molecular flexibility index (Phi) is 13.1. The molecule has 11 atom stereocenters. The zero-order valence-corrected chi connectivity index (χ0v) is 35.3. The Morgan fingerprint density at radius 3 is 1.94 bits per heavy atom. The van der Waals surface area contributed by atoms with Gasteiger partial charge in [-0.2, -0.15) is 0 Å². The van der Waals surface area contributed by atoms with E-state index in [2.05, 4.69) is 57.3 Å². The molecule has 54 heavy (non-hydrogen) atoms. The summed E-state index contributed by atoms with van der Waals surface area (Å²) in [5, 5.41) is 0. The Balaban J connectivity index is 0.00000280. The lowest BCUT2D eigenvalue weighted by Gasteiger charge is -2.72. The van der Waals surface area contributed by atoms with E-state index in [1.54, 1.807) is 0 Å². The molecule has 0 spiro atoms. The lowest BCUT2D eigenvalue weighted by molar-refractivity contribution is -0.696. The number of hydrogen-bond acceptors (Lipinski definition) is 4. The predicted octanol–water partition coefficient (Wildman–Crippen LogP) is 2.72. The Morgan fingerprint density at radius 1 is 0.722 bits per heavy atom. The SMILES string of the molecule is C=C(C)[C@@H]1CCC2C1C1CCC3[C@@]4(C)CC[C@H](OC(=O)CC[n+]5ccccc5)C(C)(C)C4CC[C@@]3(C)[C@]1(C)C[C@@H]2COC(=O)CC[n+]1ccccc1.[Cl-].[Cl-]. The number of allylic oxidation sites excluding steroid dienone is 1. The van der Waals surface area contributed by atoms with E-state index in [9.17, 15) is 9.59 Å². The predicted molar refractivity (Wildman–Crippen MR) is 202 cm³/mol. The van der Waals surface area contributed by atoms with Crippen LogP contribution >= 0.6 is 0 Å². The van der Waals surface area contributed by atoms with Crippen LogP contribution < -0.4 is 33.9 Å². The highest BCUT2D eigenvalue weighted by atomic mass is 35.5. The van der Waals surface area contributed by atoms with Gasteiger partial charge in [-0.1, -0.05) is 58.9 Å². The number of pyridine rings is 2. The quantitative estimate of drug-likeness (QED) is 0.212. The summed E-state index contributed by atoms with van der Waals surface area (Å²) < 4.78 is 16.7. The summed E-state index contributed by atoms with van der Waals surface area (Å²) in [6, 6.07) is 12.0. The van der Waals surface area contributed by atoms with E-state index in [-0.39, 0.29) is 64.5 Å². The van der Waals surface area contributed by atoms with Crippen molar-refractivity contribution < 1.29 is 53.0 Å². The molecule has 0 aromatic carbocycles. The highest BCUT2D eigenvalue weighted by Gasteiger charge is 2.70. The first kappa shape index (κ1) is 42.7. The normalized spacial score (nSPS) is 37.4. The van der Waals surface area contributed by atoms with Crippen LogP contribution in [0.3, 0.4) is 0 Å². The minimum absolute atomic E-state index is 0. The molecule has 0 aliphatic heterocycles. The van der Waals surface area contributed by atoms with Crippen LogP contribution in [0, 0.1) is 63.1 Å². The molecule has 5 aliphatic carbocycles. The highest BCUT2D eigenvalue weighted by molar-refractivity contribution is 5.69. The van der Waals surface area contributed by atoms with Crippen LogP contribution in [0.1, 0.15) is 112 Å². The molecule has 5 unspecified atom stereocenters. The molecule has 0 amide bonds. The second-order valence-electron chi connectivity index (χ2n) is 19.2. The van der Waals surface area contributed by atoms with Crippen molar-refractivity contribution in [2.45, 2.75) is 131 Å². The molecular weight excluding hydrogens is 715 g/mol. The fraction of sp³-hybridized carbons (Fsp3) is 0.696. The maximum atomic E-state index is 13.2. The number of aryl methyl sites for hydroxylation is 2. The zero-order valence-electron chi connectivity index (χ0n) is 33.8. The van der Waals surface area contributed by atoms with Crippen molar-refractivity contribution in [1.82, 2.24) is 0 Å². The Morgan fingerprint density at radius 2 is 1.33 bits per heavy atom. The third-order valence-electron chi connectivity index (χ3n) is 16.5. The van der Waals surface area contributed by atoms with Gasteiger partial charge in [-0.3, -0.25) is 9.59 Å². The Labute approximate surface area is 338 Å². The van der Waals surface area contributed by atoms with Crippen LogP contribution in [0.25, 0.3) is 0 Å². The van der Waals surface area contributed by atoms with Crippen LogP contribution in [0.5, 0.6) is 0 Å². The van der Waals surface area contributed by atoms with Gasteiger partial charge in [0.2, 0.25) is 0 Å². The van der Waals surface area contributed by atoms with Crippen molar-refractivity contribution in [2.75, 3.05) is 6.61 Å². The molecule has 5 fully saturated rings. The molecule has 7 rings (SSSR count). The standard InChI is InChI=1S/C46H66N2O4.2ClH/c1-32(2)34-14-15-35-33(31-51-40(49)20-28-47-24-10-8-11-25-47)30-46(7)36(42(34)35)16-17-38-44(5)22-19-39(43(3,4)37(44)18-23-45(38,46)6)52-41(50)21-29-48-26-12-9-13-27-48;;/h8-13,24-27,33-39,42H,1,14-23,28-31H2,2-7H3;2*1H/q+2;;/p-2/t33-,34+,35?,36?,37?,38?,39+,42?,44+,45-,46-;;/m1../s1. The van der Waals surface area contributed by atoms with Crippen molar-refractivity contribution in [3.8, 4) is 0 Å². The van der Waals surface area contributed by atoms with Crippen molar-refractivity contribution in [2.24, 2.45) is 63.1 Å². The molecule has 0 N–H and O–H groups in total. The number of aromatic nitrogens is 2. The number of halogens is 2. The van der Waals surface area contributed by atoms with E-state index in [0.29, 0.717) is 74.0 Å². The number of ether oxygens (including phenoxy) is 2. The molecule has 0 saturated heterocycles. The second-order valence-corrected chi connectivity index (χ2v) is 19.2. The number of carbonyl (C=O) groups is 2. The topological polar surface area (TPSA) is 60.4 Å². The van der Waals surface area contributed by atoms with Gasteiger partial charge in [0.1, 0.15) is 18.9 Å². The number of nitrogens with zero attached hydrogens (tertiary/aromatic N) is 2. The molecule has 8 heteroatoms. The summed E-state index contributed by atoms with van der Waals surface area (Å²) in [5.74, 6) is 3.86. The summed E-state index contributed by atoms with van der Waals surface area (Å²) >= 11 is 0. The van der Waals surface area contributed by atoms with Crippen molar-refractivity contribution >= 4 is 11.9 Å². The van der Waals surface area contributed by atoms with Gasteiger partial charge < -0.3 is 34.3 Å². The molecular formula is C46H66Cl2N2O4. The monoisotopic (exact) mass is 780 g/mol. The van der Waals surface area contributed by atoms with E-state index >= 15 is 0 Å². The smallest absolute Gasteiger partial charge is 0.312 e. The molecule has 5 saturated carbocycles. The van der Waals surface area contributed by atoms with E-state index in [4.69, 9.17) is 9.47 Å². The first-order valence-corrected chi connectivity index (χ1v) is 20.7. The fourth-order valence-corrected chi connectivity index (χ4v) is 13.9. The maximum Gasteiger partial charge on any atom is 0.312 e. The molecule has 298 valence electrons. The van der Waals surface area contributed by atoms with Crippen LogP contribution in [-0.4, -0.2) is 24.6 Å². The molecule has 0 bridgehead atoms. The molecule has 6 nitrogen and oxygen atoms in total. The summed E-state index contributed by atoms with van der Waals surface area (Å²) in [4.78, 5) is 26.4. The van der Waals surface area contributed by atoms with Gasteiger partial charge in [0.05, 0.1) is 6.61 Å². The van der Waals surface area contributed by atoms with E-state index in [1.807, 2.05) is 61.2 Å². The molecule has 5 aliphatic rings. The molecule has 2 heterocycles. The van der Waals surface area contributed by atoms with Crippen LogP contribution in [0.2, 0.25) is 0 Å². The number of carbonyl (C=O) groups excluding carboxylic acids is 2. The fourth-order valence-electron chi connectivity index (χ4n) is 13.9. The van der Waals surface area contributed by atoms with Gasteiger partial charge >= 0.3 is 11.9 Å². The third kappa shape index (κ3) is 7.53. The number of hydrogen-bond donors (Lipinski definition) is 0. The van der Waals surface area contributed by atoms with E-state index in [1.165, 1.54) is 44.1 Å². The summed E-state index contributed by atoms with van der Waals surface area (Å²) in [5.41, 5.74) is 1.84. The summed E-state index contributed by atoms with van der Waals surface area (Å²) in [6.45, 7) is 21.4. The average Bonchev–Trinajstić information content (AvgIpc) is 3.57. The van der Waals surface area contributed by atoms with Gasteiger partial charge in [-0.25, -0.2) is 9.13 Å².